The standard InChI is InChI=1S/C23H32N2O3/c1-2-3-7-22-20(19-6-4-5-8-21(19)28-22)17-24-11-9-18(10-12-24)23(26)25-13-15-27-16-14-25/h4-6,8,18H,2-3,7,9-17H2,1H3. The fraction of sp³-hybridized carbons (Fsp3) is 0.609. The van der Waals surface area contributed by atoms with E-state index >= 15 is 0 Å². The molecule has 0 unspecified atom stereocenters. The number of carbonyl (C=O) groups excluding carboxylic acids is 1. The van der Waals surface area contributed by atoms with Gasteiger partial charge in [-0.05, 0) is 38.4 Å². The molecule has 2 aromatic rings. The summed E-state index contributed by atoms with van der Waals surface area (Å²) in [6.07, 6.45) is 5.24. The van der Waals surface area contributed by atoms with Gasteiger partial charge in [0.25, 0.3) is 0 Å². The average molecular weight is 385 g/mol. The number of nitrogens with zero attached hydrogens (tertiary/aromatic N) is 2. The largest absolute Gasteiger partial charge is 0.461 e. The summed E-state index contributed by atoms with van der Waals surface area (Å²) in [6, 6.07) is 8.39. The van der Waals surface area contributed by atoms with Gasteiger partial charge in [0, 0.05) is 42.9 Å². The Bertz CT molecular complexity index is 786. The Kier molecular flexibility index (Phi) is 6.33. The molecule has 4 rings (SSSR count). The number of para-hydroxylation sites is 1. The molecule has 3 heterocycles. The van der Waals surface area contributed by atoms with Gasteiger partial charge in [0.15, 0.2) is 0 Å². The Balaban J connectivity index is 1.40. The van der Waals surface area contributed by atoms with Crippen LogP contribution >= 0.6 is 0 Å². The zero-order valence-electron chi connectivity index (χ0n) is 17.0. The zero-order chi connectivity index (χ0) is 19.3. The van der Waals surface area contributed by atoms with E-state index in [4.69, 9.17) is 9.15 Å². The van der Waals surface area contributed by atoms with Crippen molar-refractivity contribution in [3.8, 4) is 0 Å². The molecule has 0 bridgehead atoms. The number of fused-ring (bicyclic) bond motifs is 1. The molecule has 1 amide bonds. The fourth-order valence-electron chi connectivity index (χ4n) is 4.47. The molecule has 1 aromatic heterocycles. The first-order valence-corrected chi connectivity index (χ1v) is 10.8. The third kappa shape index (κ3) is 4.26. The predicted octanol–water partition coefficient (Wildman–Crippen LogP) is 3.85. The number of morpholine rings is 1. The Morgan fingerprint density at radius 1 is 1.11 bits per heavy atom. The maximum atomic E-state index is 12.8. The number of likely N-dealkylation sites (tertiary alicyclic amines) is 1. The minimum atomic E-state index is 0.176. The van der Waals surface area contributed by atoms with Crippen LogP contribution in [0.5, 0.6) is 0 Å². The highest BCUT2D eigenvalue weighted by molar-refractivity contribution is 5.82. The number of unbranched alkanes of at least 4 members (excludes halogenated alkanes) is 1. The average Bonchev–Trinajstić information content (AvgIpc) is 3.10. The van der Waals surface area contributed by atoms with E-state index < -0.39 is 0 Å². The lowest BCUT2D eigenvalue weighted by Crippen LogP contribution is -2.46. The number of benzene rings is 1. The normalized spacial score (nSPS) is 19.4. The molecule has 0 atom stereocenters. The van der Waals surface area contributed by atoms with E-state index in [2.05, 4.69) is 30.0 Å². The van der Waals surface area contributed by atoms with E-state index in [0.29, 0.717) is 19.1 Å². The summed E-state index contributed by atoms with van der Waals surface area (Å²) in [6.45, 7) is 7.97. The maximum Gasteiger partial charge on any atom is 0.225 e. The van der Waals surface area contributed by atoms with Crippen molar-refractivity contribution in [2.45, 2.75) is 45.6 Å². The summed E-state index contributed by atoms with van der Waals surface area (Å²) in [4.78, 5) is 17.3. The summed E-state index contributed by atoms with van der Waals surface area (Å²) >= 11 is 0. The molecule has 0 aliphatic carbocycles. The smallest absolute Gasteiger partial charge is 0.225 e. The van der Waals surface area contributed by atoms with E-state index in [1.165, 1.54) is 17.4 Å². The minimum absolute atomic E-state index is 0.176. The van der Waals surface area contributed by atoms with Crippen molar-refractivity contribution in [2.24, 2.45) is 5.92 Å². The van der Waals surface area contributed by atoms with Crippen LogP contribution in [0.1, 0.15) is 43.9 Å². The molecule has 1 aromatic carbocycles. The van der Waals surface area contributed by atoms with E-state index in [1.54, 1.807) is 0 Å². The fourth-order valence-corrected chi connectivity index (χ4v) is 4.47. The number of hydrogen-bond acceptors (Lipinski definition) is 4. The van der Waals surface area contributed by atoms with Crippen LogP contribution in [0.2, 0.25) is 0 Å². The van der Waals surface area contributed by atoms with E-state index in [9.17, 15) is 4.79 Å². The first-order chi connectivity index (χ1) is 13.8. The summed E-state index contributed by atoms with van der Waals surface area (Å²) in [5.41, 5.74) is 2.35. The van der Waals surface area contributed by atoms with Crippen molar-refractivity contribution in [2.75, 3.05) is 39.4 Å². The molecule has 152 valence electrons. The van der Waals surface area contributed by atoms with Gasteiger partial charge in [0.1, 0.15) is 11.3 Å². The molecule has 2 saturated heterocycles. The van der Waals surface area contributed by atoms with Gasteiger partial charge in [0.05, 0.1) is 13.2 Å². The molecule has 0 radical (unpaired) electrons. The molecule has 0 saturated carbocycles. The molecular weight excluding hydrogens is 352 g/mol. The van der Waals surface area contributed by atoms with Crippen molar-refractivity contribution < 1.29 is 13.9 Å². The molecule has 5 nitrogen and oxygen atoms in total. The summed E-state index contributed by atoms with van der Waals surface area (Å²) in [5, 5.41) is 1.25. The Morgan fingerprint density at radius 2 is 1.86 bits per heavy atom. The van der Waals surface area contributed by atoms with E-state index in [0.717, 1.165) is 69.8 Å². The third-order valence-electron chi connectivity index (χ3n) is 6.18. The second-order valence-electron chi connectivity index (χ2n) is 8.09. The van der Waals surface area contributed by atoms with E-state index in [-0.39, 0.29) is 5.92 Å². The number of aryl methyl sites for hydroxylation is 1. The number of piperidine rings is 1. The maximum absolute atomic E-state index is 12.8. The van der Waals surface area contributed by atoms with Gasteiger partial charge in [-0.2, -0.15) is 0 Å². The minimum Gasteiger partial charge on any atom is -0.461 e. The van der Waals surface area contributed by atoms with Crippen LogP contribution in [0.4, 0.5) is 0 Å². The SMILES string of the molecule is CCCCc1oc2ccccc2c1CN1CCC(C(=O)N2CCOCC2)CC1. The number of furan rings is 1. The molecule has 0 spiro atoms. The molecular formula is C23H32N2O3. The van der Waals surface area contributed by atoms with Crippen LogP contribution in [0.25, 0.3) is 11.0 Å². The highest BCUT2D eigenvalue weighted by Crippen LogP contribution is 2.30. The van der Waals surface area contributed by atoms with Gasteiger partial charge < -0.3 is 14.1 Å². The monoisotopic (exact) mass is 384 g/mol. The van der Waals surface area contributed by atoms with Gasteiger partial charge in [-0.1, -0.05) is 31.5 Å². The van der Waals surface area contributed by atoms with Gasteiger partial charge in [-0.3, -0.25) is 9.69 Å². The molecule has 2 aliphatic heterocycles. The molecule has 5 heteroatoms. The Hall–Kier alpha value is -1.85. The lowest BCUT2D eigenvalue weighted by Gasteiger charge is -2.35. The second-order valence-corrected chi connectivity index (χ2v) is 8.09. The number of ether oxygens (including phenoxy) is 1. The highest BCUT2D eigenvalue weighted by atomic mass is 16.5. The van der Waals surface area contributed by atoms with Crippen LogP contribution < -0.4 is 0 Å². The topological polar surface area (TPSA) is 45.9 Å². The van der Waals surface area contributed by atoms with Crippen LogP contribution in [0.3, 0.4) is 0 Å². The van der Waals surface area contributed by atoms with Gasteiger partial charge in [0.2, 0.25) is 5.91 Å². The predicted molar refractivity (Wildman–Crippen MR) is 110 cm³/mol. The molecule has 0 N–H and O–H groups in total. The molecule has 2 fully saturated rings. The molecule has 28 heavy (non-hydrogen) atoms. The van der Waals surface area contributed by atoms with Crippen LogP contribution in [0.15, 0.2) is 28.7 Å². The lowest BCUT2D eigenvalue weighted by molar-refractivity contribution is -0.141. The van der Waals surface area contributed by atoms with Crippen molar-refractivity contribution in [1.82, 2.24) is 9.80 Å². The highest BCUT2D eigenvalue weighted by Gasteiger charge is 2.30. The number of carbonyl (C=O) groups is 1. The number of rotatable bonds is 6. The van der Waals surface area contributed by atoms with Gasteiger partial charge in [-0.25, -0.2) is 0 Å². The third-order valence-corrected chi connectivity index (χ3v) is 6.18. The summed E-state index contributed by atoms with van der Waals surface area (Å²) in [5.74, 6) is 1.66. The Labute approximate surface area is 167 Å². The zero-order valence-corrected chi connectivity index (χ0v) is 17.0. The van der Waals surface area contributed by atoms with Gasteiger partial charge in [-0.15, -0.1) is 0 Å². The Morgan fingerprint density at radius 3 is 2.61 bits per heavy atom. The van der Waals surface area contributed by atoms with Crippen LogP contribution in [-0.4, -0.2) is 55.1 Å². The van der Waals surface area contributed by atoms with Crippen LogP contribution in [-0.2, 0) is 22.5 Å². The second kappa shape index (κ2) is 9.10. The molecule has 2 aliphatic rings. The summed E-state index contributed by atoms with van der Waals surface area (Å²) < 4.78 is 11.6. The number of hydrogen-bond donors (Lipinski definition) is 0. The summed E-state index contributed by atoms with van der Waals surface area (Å²) in [7, 11) is 0. The van der Waals surface area contributed by atoms with Crippen LogP contribution in [0, 0.1) is 5.92 Å². The van der Waals surface area contributed by atoms with Crippen molar-refractivity contribution >= 4 is 16.9 Å². The van der Waals surface area contributed by atoms with E-state index in [1.807, 2.05) is 11.0 Å². The van der Waals surface area contributed by atoms with Crippen molar-refractivity contribution in [3.05, 3.63) is 35.6 Å². The van der Waals surface area contributed by atoms with Crippen molar-refractivity contribution in [3.63, 3.8) is 0 Å². The first kappa shape index (κ1) is 19.5. The lowest BCUT2D eigenvalue weighted by atomic mass is 9.94. The first-order valence-electron chi connectivity index (χ1n) is 10.8. The van der Waals surface area contributed by atoms with Gasteiger partial charge >= 0.3 is 0 Å². The number of amides is 1. The quantitative estimate of drug-likeness (QED) is 0.759. The van der Waals surface area contributed by atoms with Crippen molar-refractivity contribution in [1.29, 1.82) is 0 Å².